The van der Waals surface area contributed by atoms with Gasteiger partial charge in [-0.3, -0.25) is 4.79 Å². The Bertz CT molecular complexity index is 634. The Morgan fingerprint density at radius 3 is 2.74 bits per heavy atom. The van der Waals surface area contributed by atoms with Crippen LogP contribution in [0.4, 0.5) is 4.39 Å². The zero-order chi connectivity index (χ0) is 14.2. The van der Waals surface area contributed by atoms with Crippen molar-refractivity contribution in [1.82, 2.24) is 9.55 Å². The van der Waals surface area contributed by atoms with Gasteiger partial charge in [0.25, 0.3) is 0 Å². The number of carbonyl (C=O) groups is 1. The second kappa shape index (κ2) is 5.13. The zero-order valence-electron chi connectivity index (χ0n) is 10.9. The summed E-state index contributed by atoms with van der Waals surface area (Å²) >= 11 is 5.76. The van der Waals surface area contributed by atoms with E-state index in [4.69, 9.17) is 11.6 Å². The number of aryl methyl sites for hydroxylation is 1. The normalized spacial score (nSPS) is 11.1. The van der Waals surface area contributed by atoms with Crippen LogP contribution >= 0.6 is 11.6 Å². The summed E-state index contributed by atoms with van der Waals surface area (Å²) in [6, 6.07) is 4.73. The molecule has 0 saturated heterocycles. The lowest BCUT2D eigenvalue weighted by Crippen LogP contribution is -2.07. The molecule has 1 aromatic carbocycles. The van der Waals surface area contributed by atoms with Gasteiger partial charge in [-0.25, -0.2) is 9.37 Å². The molecule has 19 heavy (non-hydrogen) atoms. The van der Waals surface area contributed by atoms with E-state index in [9.17, 15) is 9.18 Å². The number of nitrogens with zero attached hydrogens (tertiary/aromatic N) is 2. The number of imidazole rings is 1. The first-order valence-corrected chi connectivity index (χ1v) is 6.34. The minimum absolute atomic E-state index is 0.0438. The van der Waals surface area contributed by atoms with Gasteiger partial charge in [-0.1, -0.05) is 31.5 Å². The molecule has 0 atom stereocenters. The molecule has 0 aliphatic heterocycles. The third kappa shape index (κ3) is 2.54. The molecule has 0 aliphatic carbocycles. The van der Waals surface area contributed by atoms with E-state index in [2.05, 4.69) is 4.98 Å². The maximum absolute atomic E-state index is 14.0. The minimum atomic E-state index is -0.520. The van der Waals surface area contributed by atoms with Crippen LogP contribution < -0.4 is 0 Å². The highest BCUT2D eigenvalue weighted by Gasteiger charge is 2.17. The van der Waals surface area contributed by atoms with Gasteiger partial charge in [-0.2, -0.15) is 0 Å². The number of hydrogen-bond acceptors (Lipinski definition) is 2. The molecule has 0 saturated carbocycles. The first kappa shape index (κ1) is 13.7. The van der Waals surface area contributed by atoms with Gasteiger partial charge in [0.15, 0.2) is 11.6 Å². The Labute approximate surface area is 116 Å². The molecule has 1 aromatic heterocycles. The molecule has 0 bridgehead atoms. The standard InChI is InChI=1S/C14H14ClFN2O/c1-8(2)14(19)11-7-18(9(3)17-11)12-6-4-5-10(15)13(12)16/h4-8H,1-3H3. The van der Waals surface area contributed by atoms with E-state index >= 15 is 0 Å². The van der Waals surface area contributed by atoms with Crippen molar-refractivity contribution in [3.63, 3.8) is 0 Å². The van der Waals surface area contributed by atoms with Crippen LogP contribution in [-0.4, -0.2) is 15.3 Å². The van der Waals surface area contributed by atoms with Gasteiger partial charge >= 0.3 is 0 Å². The summed E-state index contributed by atoms with van der Waals surface area (Å²) < 4.78 is 15.5. The Kier molecular flexibility index (Phi) is 3.71. The number of rotatable bonds is 3. The summed E-state index contributed by atoms with van der Waals surface area (Å²) in [4.78, 5) is 16.1. The van der Waals surface area contributed by atoms with E-state index in [1.54, 1.807) is 39.1 Å². The maximum Gasteiger partial charge on any atom is 0.185 e. The van der Waals surface area contributed by atoms with Crippen molar-refractivity contribution < 1.29 is 9.18 Å². The van der Waals surface area contributed by atoms with Gasteiger partial charge in [-0.15, -0.1) is 0 Å². The van der Waals surface area contributed by atoms with Crippen molar-refractivity contribution in [3.05, 3.63) is 46.8 Å². The van der Waals surface area contributed by atoms with Crippen LogP contribution in [0.15, 0.2) is 24.4 Å². The number of benzene rings is 1. The summed E-state index contributed by atoms with van der Waals surface area (Å²) in [6.45, 7) is 5.32. The van der Waals surface area contributed by atoms with Gasteiger partial charge in [-0.05, 0) is 19.1 Å². The van der Waals surface area contributed by atoms with Crippen molar-refractivity contribution in [2.24, 2.45) is 5.92 Å². The fourth-order valence-corrected chi connectivity index (χ4v) is 1.98. The molecule has 0 aliphatic rings. The second-order valence-corrected chi connectivity index (χ2v) is 5.04. The maximum atomic E-state index is 14.0. The molecule has 1 heterocycles. The van der Waals surface area contributed by atoms with Crippen molar-refractivity contribution in [2.45, 2.75) is 20.8 Å². The minimum Gasteiger partial charge on any atom is -0.300 e. The largest absolute Gasteiger partial charge is 0.300 e. The molecule has 0 N–H and O–H groups in total. The topological polar surface area (TPSA) is 34.9 Å². The third-order valence-corrected chi connectivity index (χ3v) is 3.14. The van der Waals surface area contributed by atoms with E-state index in [1.165, 1.54) is 10.6 Å². The van der Waals surface area contributed by atoms with Gasteiger partial charge in [0, 0.05) is 12.1 Å². The molecule has 2 aromatic rings. The van der Waals surface area contributed by atoms with Crippen LogP contribution in [0.1, 0.15) is 30.2 Å². The van der Waals surface area contributed by atoms with Crippen molar-refractivity contribution in [1.29, 1.82) is 0 Å². The molecule has 2 rings (SSSR count). The highest BCUT2D eigenvalue weighted by Crippen LogP contribution is 2.23. The average molecular weight is 281 g/mol. The summed E-state index contributed by atoms with van der Waals surface area (Å²) in [5, 5.41) is 0.0438. The number of ketones is 1. The number of halogens is 2. The van der Waals surface area contributed by atoms with Crippen LogP contribution in [0.5, 0.6) is 0 Å². The van der Waals surface area contributed by atoms with E-state index in [0.29, 0.717) is 17.2 Å². The van der Waals surface area contributed by atoms with E-state index in [1.807, 2.05) is 0 Å². The highest BCUT2D eigenvalue weighted by molar-refractivity contribution is 6.30. The molecule has 3 nitrogen and oxygen atoms in total. The number of carbonyl (C=O) groups excluding carboxylic acids is 1. The third-order valence-electron chi connectivity index (χ3n) is 2.85. The first-order chi connectivity index (χ1) is 8.91. The fraction of sp³-hybridized carbons (Fsp3) is 0.286. The lowest BCUT2D eigenvalue weighted by Gasteiger charge is -2.06. The Morgan fingerprint density at radius 2 is 2.11 bits per heavy atom. The first-order valence-electron chi connectivity index (χ1n) is 5.96. The smallest absolute Gasteiger partial charge is 0.185 e. The fourth-order valence-electron chi connectivity index (χ4n) is 1.81. The predicted molar refractivity (Wildman–Crippen MR) is 72.4 cm³/mol. The summed E-state index contributed by atoms with van der Waals surface area (Å²) in [7, 11) is 0. The van der Waals surface area contributed by atoms with Crippen LogP contribution in [0.3, 0.4) is 0 Å². The quantitative estimate of drug-likeness (QED) is 0.801. The SMILES string of the molecule is Cc1nc(C(=O)C(C)C)cn1-c1cccc(Cl)c1F. The zero-order valence-corrected chi connectivity index (χ0v) is 11.7. The summed E-state index contributed by atoms with van der Waals surface area (Å²) in [5.41, 5.74) is 0.632. The predicted octanol–water partition coefficient (Wildman–Crippen LogP) is 3.81. The van der Waals surface area contributed by atoms with Crippen LogP contribution in [-0.2, 0) is 0 Å². The van der Waals surface area contributed by atoms with E-state index in [-0.39, 0.29) is 16.7 Å². The van der Waals surface area contributed by atoms with Crippen LogP contribution in [0, 0.1) is 18.7 Å². The summed E-state index contributed by atoms with van der Waals surface area (Å²) in [5.74, 6) is -0.186. The molecule has 0 fully saturated rings. The Balaban J connectivity index is 2.52. The molecule has 5 heteroatoms. The molecular formula is C14H14ClFN2O. The van der Waals surface area contributed by atoms with Crippen molar-refractivity contribution >= 4 is 17.4 Å². The number of hydrogen-bond donors (Lipinski definition) is 0. The lowest BCUT2D eigenvalue weighted by molar-refractivity contribution is 0.0934. The van der Waals surface area contributed by atoms with Gasteiger partial charge in [0.1, 0.15) is 11.5 Å². The number of aromatic nitrogens is 2. The lowest BCUT2D eigenvalue weighted by atomic mass is 10.1. The average Bonchev–Trinajstić information content (AvgIpc) is 2.73. The number of Topliss-reactive ketones (excluding diaryl/α,β-unsaturated/α-hetero) is 1. The van der Waals surface area contributed by atoms with Crippen molar-refractivity contribution in [3.8, 4) is 5.69 Å². The Hall–Kier alpha value is -1.68. The van der Waals surface area contributed by atoms with Crippen LogP contribution in [0.2, 0.25) is 5.02 Å². The van der Waals surface area contributed by atoms with Crippen molar-refractivity contribution in [2.75, 3.05) is 0 Å². The second-order valence-electron chi connectivity index (χ2n) is 4.64. The summed E-state index contributed by atoms with van der Waals surface area (Å²) in [6.07, 6.45) is 1.55. The van der Waals surface area contributed by atoms with Crippen LogP contribution in [0.25, 0.3) is 5.69 Å². The molecular weight excluding hydrogens is 267 g/mol. The Morgan fingerprint density at radius 1 is 1.42 bits per heavy atom. The molecule has 100 valence electrons. The van der Waals surface area contributed by atoms with E-state index < -0.39 is 5.82 Å². The monoisotopic (exact) mass is 280 g/mol. The molecule has 0 unspecified atom stereocenters. The van der Waals surface area contributed by atoms with Gasteiger partial charge < -0.3 is 4.57 Å². The molecule has 0 amide bonds. The van der Waals surface area contributed by atoms with Gasteiger partial charge in [0.05, 0.1) is 10.7 Å². The highest BCUT2D eigenvalue weighted by atomic mass is 35.5. The van der Waals surface area contributed by atoms with E-state index in [0.717, 1.165) is 0 Å². The van der Waals surface area contributed by atoms with Gasteiger partial charge in [0.2, 0.25) is 0 Å². The molecule has 0 spiro atoms. The molecule has 0 radical (unpaired) electrons.